The molecule has 0 bridgehead atoms. The lowest BCUT2D eigenvalue weighted by Gasteiger charge is -2.07. The summed E-state index contributed by atoms with van der Waals surface area (Å²) in [6, 6.07) is 5.38. The van der Waals surface area contributed by atoms with Crippen molar-refractivity contribution >= 4 is 32.8 Å². The second-order valence-electron chi connectivity index (χ2n) is 3.78. The van der Waals surface area contributed by atoms with Gasteiger partial charge in [-0.15, -0.1) is 0 Å². The maximum Gasteiger partial charge on any atom is 0.336 e. The SMILES string of the molecule is Cc1cc(C)c2nc(Br)cc(C(=O)O)c2c1. The maximum atomic E-state index is 11.1. The van der Waals surface area contributed by atoms with E-state index in [1.807, 2.05) is 26.0 Å². The van der Waals surface area contributed by atoms with Crippen molar-refractivity contribution in [3.05, 3.63) is 39.5 Å². The van der Waals surface area contributed by atoms with E-state index < -0.39 is 5.97 Å². The molecule has 0 aliphatic heterocycles. The second-order valence-corrected chi connectivity index (χ2v) is 4.59. The molecule has 1 N–H and O–H groups in total. The lowest BCUT2D eigenvalue weighted by molar-refractivity contribution is 0.0699. The molecule has 1 heterocycles. The number of carbonyl (C=O) groups is 1. The first-order valence-electron chi connectivity index (χ1n) is 4.80. The van der Waals surface area contributed by atoms with E-state index in [0.29, 0.717) is 9.99 Å². The number of benzene rings is 1. The summed E-state index contributed by atoms with van der Waals surface area (Å²) in [6.45, 7) is 3.88. The van der Waals surface area contributed by atoms with E-state index >= 15 is 0 Å². The van der Waals surface area contributed by atoms with E-state index in [-0.39, 0.29) is 5.56 Å². The van der Waals surface area contributed by atoms with E-state index in [1.165, 1.54) is 6.07 Å². The Morgan fingerprint density at radius 2 is 2.00 bits per heavy atom. The van der Waals surface area contributed by atoms with Crippen LogP contribution in [0.3, 0.4) is 0 Å². The second kappa shape index (κ2) is 3.87. The van der Waals surface area contributed by atoms with Crippen LogP contribution in [0.5, 0.6) is 0 Å². The molecule has 82 valence electrons. The van der Waals surface area contributed by atoms with Gasteiger partial charge in [0, 0.05) is 5.39 Å². The number of nitrogens with zero attached hydrogens (tertiary/aromatic N) is 1. The van der Waals surface area contributed by atoms with E-state index in [2.05, 4.69) is 20.9 Å². The average Bonchev–Trinajstić information content (AvgIpc) is 2.18. The number of hydrogen-bond donors (Lipinski definition) is 1. The molecule has 0 radical (unpaired) electrons. The number of carboxylic acids is 1. The van der Waals surface area contributed by atoms with E-state index in [1.54, 1.807) is 0 Å². The minimum atomic E-state index is -0.932. The van der Waals surface area contributed by atoms with Gasteiger partial charge in [0.15, 0.2) is 0 Å². The Bertz CT molecular complexity index is 593. The van der Waals surface area contributed by atoms with Crippen LogP contribution in [0, 0.1) is 13.8 Å². The Morgan fingerprint density at radius 3 is 2.62 bits per heavy atom. The van der Waals surface area contributed by atoms with E-state index in [9.17, 15) is 4.79 Å². The highest BCUT2D eigenvalue weighted by molar-refractivity contribution is 9.10. The highest BCUT2D eigenvalue weighted by Gasteiger charge is 2.12. The summed E-state index contributed by atoms with van der Waals surface area (Å²) in [7, 11) is 0. The van der Waals surface area contributed by atoms with Gasteiger partial charge in [-0.3, -0.25) is 0 Å². The summed E-state index contributed by atoms with van der Waals surface area (Å²) >= 11 is 3.23. The van der Waals surface area contributed by atoms with Crippen LogP contribution in [0.1, 0.15) is 21.5 Å². The van der Waals surface area contributed by atoms with Crippen molar-refractivity contribution in [3.63, 3.8) is 0 Å². The van der Waals surface area contributed by atoms with Gasteiger partial charge in [0.25, 0.3) is 0 Å². The summed E-state index contributed by atoms with van der Waals surface area (Å²) in [5.41, 5.74) is 3.04. The number of aromatic nitrogens is 1. The van der Waals surface area contributed by atoms with Crippen LogP contribution >= 0.6 is 15.9 Å². The predicted molar refractivity (Wildman–Crippen MR) is 65.9 cm³/mol. The topological polar surface area (TPSA) is 50.2 Å². The van der Waals surface area contributed by atoms with Gasteiger partial charge in [0.2, 0.25) is 0 Å². The lowest BCUT2D eigenvalue weighted by atomic mass is 10.0. The standard InChI is InChI=1S/C12H10BrNO2/c1-6-3-7(2)11-8(4-6)9(12(15)16)5-10(13)14-11/h3-5H,1-2H3,(H,15,16). The molecular formula is C12H10BrNO2. The number of aryl methyl sites for hydroxylation is 2. The molecule has 4 heteroatoms. The fourth-order valence-corrected chi connectivity index (χ4v) is 2.23. The molecule has 1 aromatic heterocycles. The molecule has 0 fully saturated rings. The van der Waals surface area contributed by atoms with Crippen molar-refractivity contribution in [3.8, 4) is 0 Å². The number of fused-ring (bicyclic) bond motifs is 1. The first-order chi connectivity index (χ1) is 7.49. The van der Waals surface area contributed by atoms with Gasteiger partial charge in [-0.1, -0.05) is 11.6 Å². The van der Waals surface area contributed by atoms with Gasteiger partial charge >= 0.3 is 5.97 Å². The lowest BCUT2D eigenvalue weighted by Crippen LogP contribution is -2.00. The summed E-state index contributed by atoms with van der Waals surface area (Å²) in [6.07, 6.45) is 0. The Hall–Kier alpha value is -1.42. The Morgan fingerprint density at radius 1 is 1.31 bits per heavy atom. The highest BCUT2D eigenvalue weighted by Crippen LogP contribution is 2.25. The van der Waals surface area contributed by atoms with Crippen LogP contribution in [0.2, 0.25) is 0 Å². The van der Waals surface area contributed by atoms with Crippen molar-refractivity contribution in [1.29, 1.82) is 0 Å². The van der Waals surface area contributed by atoms with Gasteiger partial charge in [0.1, 0.15) is 4.60 Å². The molecule has 0 atom stereocenters. The summed E-state index contributed by atoms with van der Waals surface area (Å²) in [5.74, 6) is -0.932. The van der Waals surface area contributed by atoms with Gasteiger partial charge < -0.3 is 5.11 Å². The summed E-state index contributed by atoms with van der Waals surface area (Å²) < 4.78 is 0.546. The van der Waals surface area contributed by atoms with Crippen LogP contribution in [-0.4, -0.2) is 16.1 Å². The number of hydrogen-bond acceptors (Lipinski definition) is 2. The first-order valence-corrected chi connectivity index (χ1v) is 5.59. The summed E-state index contributed by atoms with van der Waals surface area (Å²) in [5, 5.41) is 9.83. The third-order valence-electron chi connectivity index (χ3n) is 2.45. The molecule has 0 aliphatic carbocycles. The highest BCUT2D eigenvalue weighted by atomic mass is 79.9. The Kier molecular flexibility index (Phi) is 2.68. The predicted octanol–water partition coefficient (Wildman–Crippen LogP) is 3.31. The third-order valence-corrected chi connectivity index (χ3v) is 2.85. The number of rotatable bonds is 1. The minimum absolute atomic E-state index is 0.281. The van der Waals surface area contributed by atoms with Gasteiger partial charge in [-0.25, -0.2) is 9.78 Å². The molecular weight excluding hydrogens is 270 g/mol. The van der Waals surface area contributed by atoms with Gasteiger partial charge in [-0.05, 0) is 47.5 Å². The molecule has 2 rings (SSSR count). The zero-order valence-electron chi connectivity index (χ0n) is 8.91. The van der Waals surface area contributed by atoms with Crippen LogP contribution in [0.4, 0.5) is 0 Å². The van der Waals surface area contributed by atoms with Crippen LogP contribution < -0.4 is 0 Å². The molecule has 3 nitrogen and oxygen atoms in total. The van der Waals surface area contributed by atoms with Crippen molar-refractivity contribution in [2.45, 2.75) is 13.8 Å². The van der Waals surface area contributed by atoms with Gasteiger partial charge in [0.05, 0.1) is 11.1 Å². The first kappa shape index (κ1) is 11.1. The van der Waals surface area contributed by atoms with Crippen molar-refractivity contribution < 1.29 is 9.90 Å². The number of pyridine rings is 1. The molecule has 2 aromatic rings. The minimum Gasteiger partial charge on any atom is -0.478 e. The third kappa shape index (κ3) is 1.80. The fourth-order valence-electron chi connectivity index (χ4n) is 1.83. The molecule has 0 amide bonds. The number of carboxylic acid groups (broad SMARTS) is 1. The van der Waals surface area contributed by atoms with E-state index in [4.69, 9.17) is 5.11 Å². The zero-order valence-corrected chi connectivity index (χ0v) is 10.5. The largest absolute Gasteiger partial charge is 0.478 e. The summed E-state index contributed by atoms with van der Waals surface area (Å²) in [4.78, 5) is 15.5. The Labute approximate surface area is 101 Å². The molecule has 0 saturated heterocycles. The van der Waals surface area contributed by atoms with E-state index in [0.717, 1.165) is 16.6 Å². The van der Waals surface area contributed by atoms with Crippen molar-refractivity contribution in [2.24, 2.45) is 0 Å². The number of aromatic carboxylic acids is 1. The quantitative estimate of drug-likeness (QED) is 0.815. The van der Waals surface area contributed by atoms with Crippen molar-refractivity contribution in [2.75, 3.05) is 0 Å². The molecule has 0 unspecified atom stereocenters. The maximum absolute atomic E-state index is 11.1. The van der Waals surface area contributed by atoms with Gasteiger partial charge in [-0.2, -0.15) is 0 Å². The fraction of sp³-hybridized carbons (Fsp3) is 0.167. The molecule has 0 aliphatic rings. The Balaban J connectivity index is 2.95. The number of halogens is 1. The smallest absolute Gasteiger partial charge is 0.336 e. The monoisotopic (exact) mass is 279 g/mol. The molecule has 16 heavy (non-hydrogen) atoms. The zero-order chi connectivity index (χ0) is 11.9. The van der Waals surface area contributed by atoms with Crippen LogP contribution in [0.15, 0.2) is 22.8 Å². The van der Waals surface area contributed by atoms with Crippen LogP contribution in [-0.2, 0) is 0 Å². The normalized spacial score (nSPS) is 10.7. The molecule has 1 aromatic carbocycles. The van der Waals surface area contributed by atoms with Crippen molar-refractivity contribution in [1.82, 2.24) is 4.98 Å². The molecule has 0 saturated carbocycles. The van der Waals surface area contributed by atoms with Crippen LogP contribution in [0.25, 0.3) is 10.9 Å². The molecule has 0 spiro atoms. The average molecular weight is 280 g/mol.